The Balaban J connectivity index is 2.20. The zero-order chi connectivity index (χ0) is 13.6. The van der Waals surface area contributed by atoms with E-state index in [4.69, 9.17) is 5.73 Å². The van der Waals surface area contributed by atoms with Crippen LogP contribution in [0.1, 0.15) is 0 Å². The van der Waals surface area contributed by atoms with Crippen molar-refractivity contribution in [3.8, 4) is 5.75 Å². The summed E-state index contributed by atoms with van der Waals surface area (Å²) in [6, 6.07) is 6.17. The van der Waals surface area contributed by atoms with Crippen LogP contribution in [0.3, 0.4) is 0 Å². The van der Waals surface area contributed by atoms with Crippen LogP contribution in [0.4, 0.5) is 15.8 Å². The number of rotatable bonds is 1. The van der Waals surface area contributed by atoms with Crippen LogP contribution in [0, 0.1) is 5.82 Å². The first-order valence-corrected chi connectivity index (χ1v) is 6.27. The maximum absolute atomic E-state index is 14.4. The number of anilines is 2. The van der Waals surface area contributed by atoms with Crippen LogP contribution in [0.5, 0.6) is 5.75 Å². The average Bonchev–Trinajstić information content (AvgIpc) is 2.75. The maximum atomic E-state index is 14.4. The summed E-state index contributed by atoms with van der Waals surface area (Å²) in [6.45, 7) is -0.00434. The third-order valence-electron chi connectivity index (χ3n) is 2.86. The predicted octanol–water partition coefficient (Wildman–Crippen LogP) is 1.77. The lowest BCUT2D eigenvalue weighted by atomic mass is 10.1. The first kappa shape index (κ1) is 11.9. The van der Waals surface area contributed by atoms with Crippen molar-refractivity contribution in [2.24, 2.45) is 0 Å². The van der Waals surface area contributed by atoms with Gasteiger partial charge in [-0.25, -0.2) is 4.39 Å². The fourth-order valence-corrected chi connectivity index (χ4v) is 2.74. The summed E-state index contributed by atoms with van der Waals surface area (Å²) in [6.07, 6.45) is 0. The van der Waals surface area contributed by atoms with E-state index in [2.05, 4.69) is 4.72 Å². The molecule has 0 aliphatic carbocycles. The first-order chi connectivity index (χ1) is 9.06. The molecule has 0 spiro atoms. The summed E-state index contributed by atoms with van der Waals surface area (Å²) in [5.74, 6) is -1.03. The molecular weight excluding hydrogens is 269 g/mol. The number of phenolic OH excluding ortho intramolecular Hbond substituents is 1. The monoisotopic (exact) mass is 279 g/mol. The molecule has 0 radical (unpaired) electrons. The Morgan fingerprint density at radius 3 is 2.89 bits per heavy atom. The van der Waals surface area contributed by atoms with Crippen molar-refractivity contribution in [2.45, 2.75) is 0 Å². The van der Waals surface area contributed by atoms with Gasteiger partial charge in [0.25, 0.3) is 5.91 Å². The molecule has 4 N–H and O–H groups in total. The number of nitrogens with two attached hydrogens (primary N) is 1. The van der Waals surface area contributed by atoms with Crippen LogP contribution in [0.25, 0.3) is 10.8 Å². The summed E-state index contributed by atoms with van der Waals surface area (Å²) in [4.78, 5) is 11.2. The van der Waals surface area contributed by atoms with Gasteiger partial charge in [-0.1, -0.05) is 0 Å². The number of benzene rings is 2. The van der Waals surface area contributed by atoms with E-state index in [1.807, 2.05) is 0 Å². The maximum Gasteiger partial charge on any atom is 0.251 e. The van der Waals surface area contributed by atoms with Gasteiger partial charge >= 0.3 is 0 Å². The molecule has 5 nitrogen and oxygen atoms in total. The van der Waals surface area contributed by atoms with Gasteiger partial charge in [0.1, 0.15) is 18.0 Å². The minimum atomic E-state index is -0.570. The summed E-state index contributed by atoms with van der Waals surface area (Å²) in [5, 5.41) is 10.8. The molecule has 0 aromatic heterocycles. The Kier molecular flexibility index (Phi) is 2.63. The lowest BCUT2D eigenvalue weighted by Crippen LogP contribution is -2.16. The molecule has 98 valence electrons. The van der Waals surface area contributed by atoms with Gasteiger partial charge in [-0.3, -0.25) is 13.8 Å². The third kappa shape index (κ3) is 1.91. The molecule has 0 bridgehead atoms. The molecule has 1 aliphatic rings. The predicted molar refractivity (Wildman–Crippen MR) is 73.1 cm³/mol. The number of carbonyl (C=O) groups excluding carboxylic acids is 1. The van der Waals surface area contributed by atoms with E-state index in [0.29, 0.717) is 16.5 Å². The molecule has 1 saturated heterocycles. The van der Waals surface area contributed by atoms with Gasteiger partial charge in [0.05, 0.1) is 12.1 Å². The molecule has 1 aliphatic heterocycles. The summed E-state index contributed by atoms with van der Waals surface area (Å²) in [7, 11) is 0. The standard InChI is InChI=1S/C12H10FN3O2S/c13-11-8-2-1-7(14)3-6(8)4-9(17)12(11)16-5-10(18)15-19-16/h1-4,17H,5,14H2,(H,15,18). The van der Waals surface area contributed by atoms with Gasteiger partial charge in [0, 0.05) is 11.1 Å². The molecule has 0 unspecified atom stereocenters. The van der Waals surface area contributed by atoms with Crippen LogP contribution in [-0.4, -0.2) is 17.6 Å². The second kappa shape index (κ2) is 4.20. The van der Waals surface area contributed by atoms with E-state index >= 15 is 0 Å². The Morgan fingerprint density at radius 2 is 2.21 bits per heavy atom. The number of nitrogen functional groups attached to an aromatic ring is 1. The van der Waals surface area contributed by atoms with Gasteiger partial charge < -0.3 is 10.8 Å². The molecule has 7 heteroatoms. The van der Waals surface area contributed by atoms with Gasteiger partial charge in [-0.05, 0) is 29.7 Å². The van der Waals surface area contributed by atoms with Crippen molar-refractivity contribution in [3.63, 3.8) is 0 Å². The molecule has 2 aromatic carbocycles. The Bertz CT molecular complexity index is 692. The Hall–Kier alpha value is -2.15. The highest BCUT2D eigenvalue weighted by Crippen LogP contribution is 2.39. The SMILES string of the molecule is Nc1ccc2c(F)c(N3CC(=O)NS3)c(O)cc2c1. The highest BCUT2D eigenvalue weighted by Gasteiger charge is 2.27. The molecule has 2 aromatic rings. The van der Waals surface area contributed by atoms with E-state index in [-0.39, 0.29) is 23.9 Å². The molecule has 0 saturated carbocycles. The Labute approximate surface area is 112 Å². The zero-order valence-corrected chi connectivity index (χ0v) is 10.5. The largest absolute Gasteiger partial charge is 0.506 e. The highest BCUT2D eigenvalue weighted by atomic mass is 32.2. The quantitative estimate of drug-likeness (QED) is 0.547. The van der Waals surface area contributed by atoms with Gasteiger partial charge in [-0.15, -0.1) is 0 Å². The number of nitrogens with one attached hydrogen (secondary N) is 1. The second-order valence-electron chi connectivity index (χ2n) is 4.19. The topological polar surface area (TPSA) is 78.6 Å². The van der Waals surface area contributed by atoms with Crippen molar-refractivity contribution in [2.75, 3.05) is 16.6 Å². The molecule has 1 fully saturated rings. The number of aromatic hydroxyl groups is 1. The normalized spacial score (nSPS) is 15.0. The number of hydrogen-bond donors (Lipinski definition) is 3. The van der Waals surface area contributed by atoms with Gasteiger partial charge in [0.2, 0.25) is 0 Å². The zero-order valence-electron chi connectivity index (χ0n) is 9.68. The van der Waals surface area contributed by atoms with Crippen LogP contribution in [0.2, 0.25) is 0 Å². The van der Waals surface area contributed by atoms with E-state index in [0.717, 1.165) is 12.1 Å². The highest BCUT2D eigenvalue weighted by molar-refractivity contribution is 7.99. The summed E-state index contributed by atoms with van der Waals surface area (Å²) >= 11 is 0.953. The fourth-order valence-electron chi connectivity index (χ4n) is 2.02. The van der Waals surface area contributed by atoms with E-state index < -0.39 is 5.82 Å². The van der Waals surface area contributed by atoms with Crippen LogP contribution in [0.15, 0.2) is 24.3 Å². The van der Waals surface area contributed by atoms with Crippen LogP contribution >= 0.6 is 12.1 Å². The van der Waals surface area contributed by atoms with Crippen molar-refractivity contribution < 1.29 is 14.3 Å². The third-order valence-corrected chi connectivity index (χ3v) is 3.71. The molecule has 19 heavy (non-hydrogen) atoms. The number of fused-ring (bicyclic) bond motifs is 1. The Morgan fingerprint density at radius 1 is 1.42 bits per heavy atom. The number of phenols is 1. The molecule has 1 amide bonds. The number of amides is 1. The number of halogens is 1. The molecule has 1 heterocycles. The van der Waals surface area contributed by atoms with Gasteiger partial charge in [0.15, 0.2) is 5.82 Å². The van der Waals surface area contributed by atoms with E-state index in [1.54, 1.807) is 18.2 Å². The smallest absolute Gasteiger partial charge is 0.251 e. The van der Waals surface area contributed by atoms with E-state index in [9.17, 15) is 14.3 Å². The van der Waals surface area contributed by atoms with Crippen molar-refractivity contribution in [1.82, 2.24) is 4.72 Å². The lowest BCUT2D eigenvalue weighted by molar-refractivity contribution is -0.117. The van der Waals surface area contributed by atoms with Crippen molar-refractivity contribution in [3.05, 3.63) is 30.1 Å². The lowest BCUT2D eigenvalue weighted by Gasteiger charge is -2.17. The van der Waals surface area contributed by atoms with Crippen LogP contribution in [-0.2, 0) is 4.79 Å². The average molecular weight is 279 g/mol. The van der Waals surface area contributed by atoms with Crippen molar-refractivity contribution >= 4 is 40.2 Å². The van der Waals surface area contributed by atoms with E-state index in [1.165, 1.54) is 10.4 Å². The molecular formula is C12H10FN3O2S. The summed E-state index contributed by atoms with van der Waals surface area (Å²) < 4.78 is 18.3. The number of hydrogen-bond acceptors (Lipinski definition) is 5. The summed E-state index contributed by atoms with van der Waals surface area (Å²) in [5.41, 5.74) is 6.12. The minimum absolute atomic E-state index is 0.000575. The minimum Gasteiger partial charge on any atom is -0.506 e. The van der Waals surface area contributed by atoms with Crippen molar-refractivity contribution in [1.29, 1.82) is 0 Å². The fraction of sp³-hybridized carbons (Fsp3) is 0.0833. The number of carbonyl (C=O) groups is 1. The number of nitrogens with zero attached hydrogens (tertiary/aromatic N) is 1. The molecule has 0 atom stereocenters. The van der Waals surface area contributed by atoms with Crippen LogP contribution < -0.4 is 14.8 Å². The second-order valence-corrected chi connectivity index (χ2v) is 5.02. The van der Waals surface area contributed by atoms with Gasteiger partial charge in [-0.2, -0.15) is 0 Å². The first-order valence-electron chi connectivity index (χ1n) is 5.50. The molecule has 3 rings (SSSR count).